The van der Waals surface area contributed by atoms with Crippen LogP contribution < -0.4 is 16.0 Å². The van der Waals surface area contributed by atoms with Crippen molar-refractivity contribution in [1.29, 1.82) is 0 Å². The van der Waals surface area contributed by atoms with Gasteiger partial charge < -0.3 is 20.7 Å². The van der Waals surface area contributed by atoms with Crippen LogP contribution in [0.4, 0.5) is 17.3 Å². The molecule has 1 saturated heterocycles. The van der Waals surface area contributed by atoms with Gasteiger partial charge in [-0.2, -0.15) is 0 Å². The molecule has 2 aromatic carbocycles. The Morgan fingerprint density at radius 2 is 2.00 bits per heavy atom. The molecule has 1 aliphatic heterocycles. The highest BCUT2D eigenvalue weighted by atomic mass is 16.5. The number of ether oxygens (including phenoxy) is 1. The minimum atomic E-state index is -0.312. The van der Waals surface area contributed by atoms with E-state index in [1.165, 1.54) is 11.3 Å². The number of hydrogen-bond donors (Lipinski definition) is 2. The molecule has 154 valence electrons. The highest BCUT2D eigenvalue weighted by Crippen LogP contribution is 2.29. The quantitative estimate of drug-likeness (QED) is 0.638. The van der Waals surface area contributed by atoms with E-state index >= 15 is 0 Å². The topological polar surface area (TPSA) is 76.3 Å². The Hall–Kier alpha value is -3.14. The summed E-state index contributed by atoms with van der Waals surface area (Å²) in [6.45, 7) is 7.37. The van der Waals surface area contributed by atoms with Crippen LogP contribution in [0.5, 0.6) is 0 Å². The molecule has 3 aromatic rings. The number of anilines is 3. The second-order valence-electron chi connectivity index (χ2n) is 8.34. The van der Waals surface area contributed by atoms with Crippen LogP contribution >= 0.6 is 0 Å². The molecule has 0 amide bonds. The molecular weight excluding hydrogens is 374 g/mol. The number of nitrogens with one attached hydrogen (secondary N) is 1. The zero-order valence-electron chi connectivity index (χ0n) is 17.5. The third-order valence-corrected chi connectivity index (χ3v) is 5.08. The second kappa shape index (κ2) is 8.31. The van der Waals surface area contributed by atoms with Gasteiger partial charge in [-0.3, -0.25) is 0 Å². The van der Waals surface area contributed by atoms with E-state index in [2.05, 4.69) is 44.3 Å². The molecule has 0 saturated carbocycles. The Morgan fingerprint density at radius 3 is 2.73 bits per heavy atom. The van der Waals surface area contributed by atoms with Gasteiger partial charge in [-0.1, -0.05) is 5.92 Å². The van der Waals surface area contributed by atoms with Crippen LogP contribution in [-0.4, -0.2) is 41.8 Å². The van der Waals surface area contributed by atoms with Gasteiger partial charge >= 0.3 is 0 Å². The van der Waals surface area contributed by atoms with E-state index in [9.17, 15) is 0 Å². The van der Waals surface area contributed by atoms with Crippen LogP contribution in [0, 0.1) is 12.3 Å². The fourth-order valence-corrected chi connectivity index (χ4v) is 3.72. The summed E-state index contributed by atoms with van der Waals surface area (Å²) < 4.78 is 5.51. The average Bonchev–Trinajstić information content (AvgIpc) is 2.73. The highest BCUT2D eigenvalue weighted by molar-refractivity contribution is 5.80. The molecule has 3 N–H and O–H groups in total. The van der Waals surface area contributed by atoms with Crippen LogP contribution in [0.3, 0.4) is 0 Å². The molecule has 6 nitrogen and oxygen atoms in total. The van der Waals surface area contributed by atoms with Crippen molar-refractivity contribution in [1.82, 2.24) is 9.97 Å². The van der Waals surface area contributed by atoms with Gasteiger partial charge in [-0.25, -0.2) is 9.97 Å². The number of nitrogens with zero attached hydrogens (tertiary/aromatic N) is 3. The van der Waals surface area contributed by atoms with E-state index in [4.69, 9.17) is 16.9 Å². The van der Waals surface area contributed by atoms with E-state index in [-0.39, 0.29) is 5.54 Å². The van der Waals surface area contributed by atoms with Crippen molar-refractivity contribution in [3.8, 4) is 12.3 Å². The van der Waals surface area contributed by atoms with E-state index in [0.717, 1.165) is 54.9 Å². The number of aromatic nitrogens is 2. The summed E-state index contributed by atoms with van der Waals surface area (Å²) in [6, 6.07) is 12.1. The van der Waals surface area contributed by atoms with Crippen LogP contribution in [0.15, 0.2) is 42.6 Å². The summed E-state index contributed by atoms with van der Waals surface area (Å²) in [5, 5.41) is 4.25. The van der Waals surface area contributed by atoms with Gasteiger partial charge in [0.1, 0.15) is 0 Å². The maximum atomic E-state index is 6.35. The first-order chi connectivity index (χ1) is 14.4. The Labute approximate surface area is 177 Å². The smallest absolute Gasteiger partial charge is 0.227 e. The fourth-order valence-electron chi connectivity index (χ4n) is 3.72. The third kappa shape index (κ3) is 4.70. The molecular formula is C24H27N5O. The van der Waals surface area contributed by atoms with Crippen LogP contribution in [-0.2, 0) is 11.2 Å². The molecule has 4 rings (SSSR count). The normalized spacial score (nSPS) is 14.5. The lowest BCUT2D eigenvalue weighted by molar-refractivity contribution is 0.122. The summed E-state index contributed by atoms with van der Waals surface area (Å²) in [5.41, 5.74) is 11.1. The van der Waals surface area contributed by atoms with Crippen molar-refractivity contribution in [2.24, 2.45) is 5.73 Å². The van der Waals surface area contributed by atoms with Gasteiger partial charge in [0, 0.05) is 47.1 Å². The predicted octanol–water partition coefficient (Wildman–Crippen LogP) is 3.47. The van der Waals surface area contributed by atoms with Gasteiger partial charge in [-0.15, -0.1) is 6.42 Å². The second-order valence-corrected chi connectivity index (χ2v) is 8.34. The van der Waals surface area contributed by atoms with Crippen LogP contribution in [0.2, 0.25) is 0 Å². The number of terminal acetylenes is 1. The van der Waals surface area contributed by atoms with Crippen molar-refractivity contribution >= 4 is 28.2 Å². The molecule has 0 aliphatic carbocycles. The zero-order chi connectivity index (χ0) is 21.1. The minimum absolute atomic E-state index is 0.312. The average molecular weight is 402 g/mol. The molecule has 1 fully saturated rings. The molecule has 2 heterocycles. The summed E-state index contributed by atoms with van der Waals surface area (Å²) in [4.78, 5) is 11.4. The van der Waals surface area contributed by atoms with E-state index in [1.807, 2.05) is 32.0 Å². The van der Waals surface area contributed by atoms with Gasteiger partial charge in [-0.05, 0) is 62.2 Å². The first-order valence-electron chi connectivity index (χ1n) is 10.2. The molecule has 0 bridgehead atoms. The lowest BCUT2D eigenvalue weighted by Crippen LogP contribution is -2.39. The predicted molar refractivity (Wildman–Crippen MR) is 122 cm³/mol. The summed E-state index contributed by atoms with van der Waals surface area (Å²) >= 11 is 0. The van der Waals surface area contributed by atoms with E-state index in [1.54, 1.807) is 6.20 Å². The van der Waals surface area contributed by atoms with Crippen molar-refractivity contribution in [3.05, 3.63) is 53.7 Å². The summed E-state index contributed by atoms with van der Waals surface area (Å²) in [7, 11) is 0. The van der Waals surface area contributed by atoms with Gasteiger partial charge in [0.05, 0.1) is 18.7 Å². The number of hydrogen-bond acceptors (Lipinski definition) is 6. The Kier molecular flexibility index (Phi) is 5.58. The highest BCUT2D eigenvalue weighted by Gasteiger charge is 2.20. The number of nitrogens with two attached hydrogens (primary N) is 1. The van der Waals surface area contributed by atoms with Gasteiger partial charge in [0.25, 0.3) is 0 Å². The zero-order valence-corrected chi connectivity index (χ0v) is 17.5. The van der Waals surface area contributed by atoms with Crippen LogP contribution in [0.1, 0.15) is 25.0 Å². The summed E-state index contributed by atoms with van der Waals surface area (Å²) in [5.74, 6) is 3.19. The molecule has 0 spiro atoms. The molecule has 6 heteroatoms. The Bertz CT molecular complexity index is 1090. The Morgan fingerprint density at radius 1 is 1.20 bits per heavy atom. The molecule has 1 aromatic heterocycles. The van der Waals surface area contributed by atoms with Crippen LogP contribution in [0.25, 0.3) is 10.9 Å². The standard InChI is InChI=1S/C24H27N5O/c1-4-17-5-7-21-19(13-17)16-26-23(28-21)27-20-6-8-22(29-9-11-30-12-10-29)18(14-20)15-24(2,3)25/h1,5-8,13-14,16H,9-12,15,25H2,2-3H3,(H,26,27,28). The maximum absolute atomic E-state index is 6.35. The first-order valence-corrected chi connectivity index (χ1v) is 10.2. The monoisotopic (exact) mass is 401 g/mol. The van der Waals surface area contributed by atoms with Gasteiger partial charge in [0.15, 0.2) is 0 Å². The number of fused-ring (bicyclic) bond motifs is 1. The van der Waals surface area contributed by atoms with Gasteiger partial charge in [0.2, 0.25) is 5.95 Å². The fraction of sp³-hybridized carbons (Fsp3) is 0.333. The molecule has 0 atom stereocenters. The van der Waals surface area contributed by atoms with Crippen molar-refractivity contribution in [2.45, 2.75) is 25.8 Å². The molecule has 0 radical (unpaired) electrons. The van der Waals surface area contributed by atoms with Crippen molar-refractivity contribution < 1.29 is 4.74 Å². The minimum Gasteiger partial charge on any atom is -0.378 e. The Balaban J connectivity index is 1.63. The molecule has 0 unspecified atom stereocenters. The largest absolute Gasteiger partial charge is 0.378 e. The van der Waals surface area contributed by atoms with Crippen molar-refractivity contribution in [3.63, 3.8) is 0 Å². The third-order valence-electron chi connectivity index (χ3n) is 5.08. The summed E-state index contributed by atoms with van der Waals surface area (Å²) in [6.07, 6.45) is 8.03. The lowest BCUT2D eigenvalue weighted by Gasteiger charge is -2.32. The van der Waals surface area contributed by atoms with E-state index < -0.39 is 0 Å². The SMILES string of the molecule is C#Cc1ccc2nc(Nc3ccc(N4CCOCC4)c(CC(C)(C)N)c3)ncc2c1. The molecule has 30 heavy (non-hydrogen) atoms. The molecule has 1 aliphatic rings. The number of rotatable bonds is 5. The van der Waals surface area contributed by atoms with E-state index in [0.29, 0.717) is 5.95 Å². The lowest BCUT2D eigenvalue weighted by atomic mass is 9.94. The number of morpholine rings is 1. The number of benzene rings is 2. The maximum Gasteiger partial charge on any atom is 0.227 e. The van der Waals surface area contributed by atoms with Crippen molar-refractivity contribution in [2.75, 3.05) is 36.5 Å². The first kappa shape index (κ1) is 20.1.